The van der Waals surface area contributed by atoms with Crippen LogP contribution in [0.2, 0.25) is 0 Å². The number of benzene rings is 1. The third kappa shape index (κ3) is 3.91. The first-order valence-electron chi connectivity index (χ1n) is 7.00. The van der Waals surface area contributed by atoms with E-state index in [1.54, 1.807) is 12.1 Å². The van der Waals surface area contributed by atoms with Gasteiger partial charge in [-0.25, -0.2) is 15.2 Å². The van der Waals surface area contributed by atoms with Crippen molar-refractivity contribution in [1.29, 1.82) is 0 Å². The molecular weight excluding hydrogens is 295 g/mol. The van der Waals surface area contributed by atoms with E-state index in [0.29, 0.717) is 6.42 Å². The molecule has 2 fully saturated rings. The van der Waals surface area contributed by atoms with Crippen LogP contribution in [0, 0.1) is 5.82 Å². The number of amides is 1. The zero-order valence-corrected chi connectivity index (χ0v) is 12.4. The molecule has 2 saturated heterocycles. The summed E-state index contributed by atoms with van der Waals surface area (Å²) in [5, 5.41) is 6.26. The van der Waals surface area contributed by atoms with E-state index in [2.05, 4.69) is 21.5 Å². The van der Waals surface area contributed by atoms with Crippen LogP contribution in [0.3, 0.4) is 0 Å². The van der Waals surface area contributed by atoms with E-state index in [1.807, 2.05) is 0 Å². The molecule has 3 atom stereocenters. The van der Waals surface area contributed by atoms with Crippen LogP contribution in [0.25, 0.3) is 0 Å². The monoisotopic (exact) mass is 314 g/mol. The molecule has 7 heteroatoms. The van der Waals surface area contributed by atoms with Gasteiger partial charge >= 0.3 is 0 Å². The maximum absolute atomic E-state index is 12.9. The number of nitrogens with one attached hydrogen (secondary N) is 4. The Hall–Kier alpha value is -1.21. The topological polar surface area (TPSA) is 65.2 Å². The van der Waals surface area contributed by atoms with Gasteiger partial charge < -0.3 is 10.6 Å². The maximum Gasteiger partial charge on any atom is 0.238 e. The van der Waals surface area contributed by atoms with Crippen LogP contribution in [0.1, 0.15) is 24.4 Å². The average molecular weight is 315 g/mol. The molecule has 2 heterocycles. The third-order valence-corrected chi connectivity index (χ3v) is 3.90. The Morgan fingerprint density at radius 3 is 2.67 bits per heavy atom. The smallest absolute Gasteiger partial charge is 0.238 e. The molecule has 4 N–H and O–H groups in total. The lowest BCUT2D eigenvalue weighted by Gasteiger charge is -2.15. The minimum atomic E-state index is -0.247. The Morgan fingerprint density at radius 1 is 1.24 bits per heavy atom. The van der Waals surface area contributed by atoms with Gasteiger partial charge in [0.2, 0.25) is 5.91 Å². The first-order valence-corrected chi connectivity index (χ1v) is 7.00. The largest absolute Gasteiger partial charge is 0.351 e. The van der Waals surface area contributed by atoms with Gasteiger partial charge in [-0.15, -0.1) is 12.4 Å². The summed E-state index contributed by atoms with van der Waals surface area (Å²) in [6, 6.07) is 6.39. The molecule has 116 valence electrons. The van der Waals surface area contributed by atoms with Crippen molar-refractivity contribution >= 4 is 18.3 Å². The predicted octanol–water partition coefficient (Wildman–Crippen LogP) is 0.633. The summed E-state index contributed by atoms with van der Waals surface area (Å²) in [5.41, 5.74) is 7.10. The van der Waals surface area contributed by atoms with Gasteiger partial charge in [0.25, 0.3) is 0 Å². The van der Waals surface area contributed by atoms with Crippen molar-refractivity contribution in [2.75, 3.05) is 13.1 Å². The van der Waals surface area contributed by atoms with Crippen LogP contribution in [0.4, 0.5) is 4.39 Å². The number of hydrogen-bond acceptors (Lipinski definition) is 4. The summed E-state index contributed by atoms with van der Waals surface area (Å²) in [7, 11) is 0. The predicted molar refractivity (Wildman–Crippen MR) is 80.5 cm³/mol. The molecule has 0 radical (unpaired) electrons. The molecule has 1 aromatic carbocycles. The molecule has 0 aliphatic carbocycles. The molecule has 1 aromatic rings. The quantitative estimate of drug-likeness (QED) is 0.661. The maximum atomic E-state index is 12.9. The molecule has 0 spiro atoms. The first-order chi connectivity index (χ1) is 9.72. The number of carbonyl (C=O) groups excluding carboxylic acids is 1. The lowest BCUT2D eigenvalue weighted by molar-refractivity contribution is -0.123. The van der Waals surface area contributed by atoms with E-state index in [1.165, 1.54) is 12.1 Å². The van der Waals surface area contributed by atoms with Crippen molar-refractivity contribution in [3.8, 4) is 0 Å². The standard InChI is InChI=1S/C14H19FN4O.ClH/c15-10-3-1-9(2-4-10)12-7-13(19-18-12)14(20)17-11-5-6-16-8-11;/h1-4,11-13,16,18-19H,5-8H2,(H,17,20);1H. The summed E-state index contributed by atoms with van der Waals surface area (Å²) < 4.78 is 12.9. The minimum Gasteiger partial charge on any atom is -0.351 e. The second-order valence-corrected chi connectivity index (χ2v) is 5.38. The zero-order valence-electron chi connectivity index (χ0n) is 11.6. The van der Waals surface area contributed by atoms with Crippen molar-refractivity contribution in [3.05, 3.63) is 35.6 Å². The number of hydrogen-bond donors (Lipinski definition) is 4. The van der Waals surface area contributed by atoms with E-state index in [9.17, 15) is 9.18 Å². The van der Waals surface area contributed by atoms with Gasteiger partial charge in [-0.2, -0.15) is 0 Å². The van der Waals surface area contributed by atoms with Crippen LogP contribution >= 0.6 is 12.4 Å². The molecule has 3 rings (SSSR count). The molecule has 0 bridgehead atoms. The number of rotatable bonds is 3. The van der Waals surface area contributed by atoms with E-state index in [0.717, 1.165) is 25.1 Å². The SMILES string of the molecule is Cl.O=C(NC1CCNC1)C1CC(c2ccc(F)cc2)NN1. The van der Waals surface area contributed by atoms with Gasteiger partial charge in [0.1, 0.15) is 11.9 Å². The molecule has 21 heavy (non-hydrogen) atoms. The van der Waals surface area contributed by atoms with Crippen LogP contribution in [-0.2, 0) is 4.79 Å². The third-order valence-electron chi connectivity index (χ3n) is 3.90. The Labute approximate surface area is 129 Å². The molecule has 2 aliphatic heterocycles. The molecule has 0 aromatic heterocycles. The van der Waals surface area contributed by atoms with Crippen molar-refractivity contribution in [3.63, 3.8) is 0 Å². The van der Waals surface area contributed by atoms with Gasteiger partial charge in [-0.3, -0.25) is 4.79 Å². The van der Waals surface area contributed by atoms with Gasteiger partial charge in [-0.1, -0.05) is 12.1 Å². The summed E-state index contributed by atoms with van der Waals surface area (Å²) in [4.78, 5) is 12.1. The zero-order chi connectivity index (χ0) is 13.9. The highest BCUT2D eigenvalue weighted by Crippen LogP contribution is 2.22. The summed E-state index contributed by atoms with van der Waals surface area (Å²) in [5.74, 6) is -0.224. The van der Waals surface area contributed by atoms with Gasteiger partial charge in [0, 0.05) is 18.6 Å². The van der Waals surface area contributed by atoms with Crippen LogP contribution in [0.5, 0.6) is 0 Å². The van der Waals surface area contributed by atoms with Crippen LogP contribution < -0.4 is 21.5 Å². The molecule has 0 saturated carbocycles. The van der Waals surface area contributed by atoms with Gasteiger partial charge in [0.05, 0.1) is 0 Å². The Bertz CT molecular complexity index is 478. The second-order valence-electron chi connectivity index (χ2n) is 5.38. The van der Waals surface area contributed by atoms with E-state index >= 15 is 0 Å². The second kappa shape index (κ2) is 7.17. The van der Waals surface area contributed by atoms with E-state index in [4.69, 9.17) is 0 Å². The van der Waals surface area contributed by atoms with Crippen molar-refractivity contribution < 1.29 is 9.18 Å². The fourth-order valence-electron chi connectivity index (χ4n) is 2.72. The Balaban J connectivity index is 0.00000161. The highest BCUT2D eigenvalue weighted by atomic mass is 35.5. The average Bonchev–Trinajstić information content (AvgIpc) is 3.10. The number of carbonyl (C=O) groups is 1. The Kier molecular flexibility index (Phi) is 5.52. The number of halogens is 2. The fraction of sp³-hybridized carbons (Fsp3) is 0.500. The molecule has 1 amide bonds. The first kappa shape index (κ1) is 16.2. The fourth-order valence-corrected chi connectivity index (χ4v) is 2.72. The van der Waals surface area contributed by atoms with E-state index in [-0.39, 0.29) is 42.3 Å². The highest BCUT2D eigenvalue weighted by Gasteiger charge is 2.31. The van der Waals surface area contributed by atoms with Crippen LogP contribution in [0.15, 0.2) is 24.3 Å². The Morgan fingerprint density at radius 2 is 2.00 bits per heavy atom. The highest BCUT2D eigenvalue weighted by molar-refractivity contribution is 5.85. The van der Waals surface area contributed by atoms with Gasteiger partial charge in [-0.05, 0) is 37.1 Å². The van der Waals surface area contributed by atoms with Crippen molar-refractivity contribution in [2.45, 2.75) is 31.0 Å². The summed E-state index contributed by atoms with van der Waals surface area (Å²) in [6.07, 6.45) is 1.64. The molecule has 5 nitrogen and oxygen atoms in total. The summed E-state index contributed by atoms with van der Waals surface area (Å²) in [6.45, 7) is 1.80. The lowest BCUT2D eigenvalue weighted by atomic mass is 10.0. The molecular formula is C14H20ClFN4O. The van der Waals surface area contributed by atoms with Crippen molar-refractivity contribution in [2.24, 2.45) is 0 Å². The molecule has 2 aliphatic rings. The molecule has 3 unspecified atom stereocenters. The number of hydrazine groups is 1. The van der Waals surface area contributed by atoms with E-state index < -0.39 is 0 Å². The lowest BCUT2D eigenvalue weighted by Crippen LogP contribution is -2.47. The van der Waals surface area contributed by atoms with Crippen LogP contribution in [-0.4, -0.2) is 31.1 Å². The normalized spacial score (nSPS) is 28.1. The van der Waals surface area contributed by atoms with Crippen molar-refractivity contribution in [1.82, 2.24) is 21.5 Å². The van der Waals surface area contributed by atoms with Gasteiger partial charge in [0.15, 0.2) is 0 Å². The minimum absolute atomic E-state index is 0. The summed E-state index contributed by atoms with van der Waals surface area (Å²) >= 11 is 0.